The first kappa shape index (κ1) is 16.3. The second-order valence-electron chi connectivity index (χ2n) is 6.18. The maximum absolute atomic E-state index is 12.5. The SMILES string of the molecule is CCC1CCCCC1C(N)Cc1ccc(C(F)(F)F)cc1. The predicted octanol–water partition coefficient (Wildman–Crippen LogP) is 4.79. The highest BCUT2D eigenvalue weighted by Crippen LogP contribution is 2.35. The molecule has 0 radical (unpaired) electrons. The van der Waals surface area contributed by atoms with Crippen LogP contribution in [0.3, 0.4) is 0 Å². The maximum Gasteiger partial charge on any atom is 0.416 e. The van der Waals surface area contributed by atoms with Crippen molar-refractivity contribution in [2.75, 3.05) is 0 Å². The molecule has 3 unspecified atom stereocenters. The molecule has 1 fully saturated rings. The molecule has 1 nitrogen and oxygen atoms in total. The number of nitrogens with two attached hydrogens (primary N) is 1. The summed E-state index contributed by atoms with van der Waals surface area (Å²) in [4.78, 5) is 0. The van der Waals surface area contributed by atoms with Gasteiger partial charge in [-0.25, -0.2) is 0 Å². The highest BCUT2D eigenvalue weighted by atomic mass is 19.4. The Hall–Kier alpha value is -1.03. The molecule has 1 aromatic rings. The van der Waals surface area contributed by atoms with Crippen molar-refractivity contribution in [3.8, 4) is 0 Å². The van der Waals surface area contributed by atoms with Crippen LogP contribution < -0.4 is 5.73 Å². The lowest BCUT2D eigenvalue weighted by atomic mass is 9.73. The Morgan fingerprint density at radius 1 is 1.14 bits per heavy atom. The molecule has 0 aromatic heterocycles. The molecule has 1 saturated carbocycles. The lowest BCUT2D eigenvalue weighted by Crippen LogP contribution is -2.38. The highest BCUT2D eigenvalue weighted by molar-refractivity contribution is 5.25. The van der Waals surface area contributed by atoms with Gasteiger partial charge in [-0.3, -0.25) is 0 Å². The van der Waals surface area contributed by atoms with Crippen molar-refractivity contribution in [3.05, 3.63) is 35.4 Å². The van der Waals surface area contributed by atoms with E-state index in [0.29, 0.717) is 18.3 Å². The van der Waals surface area contributed by atoms with Crippen LogP contribution in [0.2, 0.25) is 0 Å². The Bertz CT molecular complexity index is 438. The topological polar surface area (TPSA) is 26.0 Å². The molecule has 1 aromatic carbocycles. The van der Waals surface area contributed by atoms with E-state index in [2.05, 4.69) is 6.92 Å². The summed E-state index contributed by atoms with van der Waals surface area (Å²) in [7, 11) is 0. The van der Waals surface area contributed by atoms with Crippen molar-refractivity contribution >= 4 is 0 Å². The van der Waals surface area contributed by atoms with Crippen molar-refractivity contribution in [2.45, 2.75) is 57.7 Å². The van der Waals surface area contributed by atoms with Gasteiger partial charge < -0.3 is 5.73 Å². The highest BCUT2D eigenvalue weighted by Gasteiger charge is 2.31. The van der Waals surface area contributed by atoms with Gasteiger partial charge in [0.15, 0.2) is 0 Å². The number of hydrogen-bond donors (Lipinski definition) is 1. The van der Waals surface area contributed by atoms with Gasteiger partial charge in [0.2, 0.25) is 0 Å². The molecule has 0 bridgehead atoms. The molecule has 118 valence electrons. The predicted molar refractivity (Wildman–Crippen MR) is 78.9 cm³/mol. The van der Waals surface area contributed by atoms with Crippen molar-refractivity contribution in [1.29, 1.82) is 0 Å². The average Bonchev–Trinajstić information content (AvgIpc) is 2.46. The molecule has 0 aliphatic heterocycles. The first-order chi connectivity index (χ1) is 9.91. The third kappa shape index (κ3) is 4.22. The molecule has 2 N–H and O–H groups in total. The first-order valence-electron chi connectivity index (χ1n) is 7.83. The Morgan fingerprint density at radius 2 is 1.76 bits per heavy atom. The van der Waals surface area contributed by atoms with Crippen LogP contribution in [0.1, 0.15) is 50.2 Å². The second-order valence-corrected chi connectivity index (χ2v) is 6.18. The number of benzene rings is 1. The van der Waals surface area contributed by atoms with Gasteiger partial charge in [0.1, 0.15) is 0 Å². The normalized spacial score (nSPS) is 24.8. The molecule has 21 heavy (non-hydrogen) atoms. The van der Waals surface area contributed by atoms with E-state index < -0.39 is 11.7 Å². The van der Waals surface area contributed by atoms with Crippen molar-refractivity contribution in [2.24, 2.45) is 17.6 Å². The first-order valence-corrected chi connectivity index (χ1v) is 7.83. The zero-order valence-electron chi connectivity index (χ0n) is 12.5. The van der Waals surface area contributed by atoms with Crippen LogP contribution in [0.4, 0.5) is 13.2 Å². The van der Waals surface area contributed by atoms with Crippen LogP contribution in [0.5, 0.6) is 0 Å². The summed E-state index contributed by atoms with van der Waals surface area (Å²) in [5.41, 5.74) is 6.65. The van der Waals surface area contributed by atoms with E-state index in [-0.39, 0.29) is 6.04 Å². The molecule has 0 heterocycles. The summed E-state index contributed by atoms with van der Waals surface area (Å²) >= 11 is 0. The monoisotopic (exact) mass is 299 g/mol. The molecule has 0 saturated heterocycles. The Labute approximate surface area is 124 Å². The van der Waals surface area contributed by atoms with Gasteiger partial charge in [-0.05, 0) is 42.4 Å². The third-order valence-corrected chi connectivity index (χ3v) is 4.79. The molecule has 2 rings (SSSR count). The second kappa shape index (κ2) is 6.82. The minimum Gasteiger partial charge on any atom is -0.327 e. The van der Waals surface area contributed by atoms with Gasteiger partial charge in [0, 0.05) is 6.04 Å². The summed E-state index contributed by atoms with van der Waals surface area (Å²) in [6, 6.07) is 5.48. The van der Waals surface area contributed by atoms with Crippen molar-refractivity contribution < 1.29 is 13.2 Å². The molecule has 4 heteroatoms. The quantitative estimate of drug-likeness (QED) is 0.849. The van der Waals surface area contributed by atoms with E-state index in [4.69, 9.17) is 5.73 Å². The van der Waals surface area contributed by atoms with Gasteiger partial charge in [-0.15, -0.1) is 0 Å². The Kier molecular flexibility index (Phi) is 5.31. The third-order valence-electron chi connectivity index (χ3n) is 4.79. The van der Waals surface area contributed by atoms with E-state index in [1.165, 1.54) is 19.3 Å². The van der Waals surface area contributed by atoms with Crippen LogP contribution in [0.25, 0.3) is 0 Å². The van der Waals surface area contributed by atoms with Crippen LogP contribution in [0.15, 0.2) is 24.3 Å². The molecule has 0 spiro atoms. The lowest BCUT2D eigenvalue weighted by molar-refractivity contribution is -0.137. The van der Waals surface area contributed by atoms with Crippen molar-refractivity contribution in [1.82, 2.24) is 0 Å². The fourth-order valence-electron chi connectivity index (χ4n) is 3.56. The summed E-state index contributed by atoms with van der Waals surface area (Å²) in [6.07, 6.45) is 2.44. The standard InChI is InChI=1S/C17H24F3N/c1-2-13-5-3-4-6-15(13)16(21)11-12-7-9-14(10-8-12)17(18,19)20/h7-10,13,15-16H,2-6,11,21H2,1H3. The van der Waals surface area contributed by atoms with Crippen LogP contribution in [-0.4, -0.2) is 6.04 Å². The minimum atomic E-state index is -4.27. The van der Waals surface area contributed by atoms with Crippen LogP contribution >= 0.6 is 0 Å². The summed E-state index contributed by atoms with van der Waals surface area (Å²) in [5.74, 6) is 1.18. The molecule has 1 aliphatic rings. The number of hydrogen-bond acceptors (Lipinski definition) is 1. The van der Waals surface area contributed by atoms with Crippen molar-refractivity contribution in [3.63, 3.8) is 0 Å². The van der Waals surface area contributed by atoms with Gasteiger partial charge in [0.25, 0.3) is 0 Å². The lowest BCUT2D eigenvalue weighted by Gasteiger charge is -2.35. The Morgan fingerprint density at radius 3 is 2.33 bits per heavy atom. The molecule has 0 amide bonds. The molecule has 1 aliphatic carbocycles. The van der Waals surface area contributed by atoms with Gasteiger partial charge in [0.05, 0.1) is 5.56 Å². The van der Waals surface area contributed by atoms with Gasteiger partial charge in [-0.1, -0.05) is 44.7 Å². The van der Waals surface area contributed by atoms with Gasteiger partial charge in [-0.2, -0.15) is 13.2 Å². The van der Waals surface area contributed by atoms with E-state index in [9.17, 15) is 13.2 Å². The largest absolute Gasteiger partial charge is 0.416 e. The average molecular weight is 299 g/mol. The van der Waals surface area contributed by atoms with Crippen LogP contribution in [0, 0.1) is 11.8 Å². The number of alkyl halides is 3. The zero-order chi connectivity index (χ0) is 15.5. The fraction of sp³-hybridized carbons (Fsp3) is 0.647. The summed E-state index contributed by atoms with van der Waals surface area (Å²) in [6.45, 7) is 2.20. The van der Waals surface area contributed by atoms with E-state index >= 15 is 0 Å². The smallest absolute Gasteiger partial charge is 0.327 e. The maximum atomic E-state index is 12.5. The minimum absolute atomic E-state index is 0.0481. The summed E-state index contributed by atoms with van der Waals surface area (Å²) < 4.78 is 37.6. The number of halogens is 3. The molecular weight excluding hydrogens is 275 g/mol. The number of rotatable bonds is 4. The van der Waals surface area contributed by atoms with Gasteiger partial charge >= 0.3 is 6.18 Å². The Balaban J connectivity index is 2.00. The fourth-order valence-corrected chi connectivity index (χ4v) is 3.56. The van der Waals surface area contributed by atoms with Crippen LogP contribution in [-0.2, 0) is 12.6 Å². The molecule has 3 atom stereocenters. The zero-order valence-corrected chi connectivity index (χ0v) is 12.5. The van der Waals surface area contributed by atoms with E-state index in [0.717, 1.165) is 30.5 Å². The van der Waals surface area contributed by atoms with E-state index in [1.807, 2.05) is 0 Å². The summed E-state index contributed by atoms with van der Waals surface area (Å²) in [5, 5.41) is 0. The molecular formula is C17H24F3N. The van der Waals surface area contributed by atoms with E-state index in [1.54, 1.807) is 12.1 Å².